The molecule has 0 aliphatic rings. The van der Waals surface area contributed by atoms with Crippen molar-refractivity contribution >= 4 is 5.69 Å². The van der Waals surface area contributed by atoms with E-state index in [1.165, 1.54) is 12.1 Å². The highest BCUT2D eigenvalue weighted by molar-refractivity contribution is 5.61. The Labute approximate surface area is 123 Å². The number of anilines is 1. The maximum Gasteiger partial charge on any atom is 0.123 e. The van der Waals surface area contributed by atoms with Crippen LogP contribution in [-0.2, 0) is 0 Å². The lowest BCUT2D eigenvalue weighted by Gasteiger charge is -2.18. The van der Waals surface area contributed by atoms with Crippen molar-refractivity contribution in [3.63, 3.8) is 0 Å². The maximum absolute atomic E-state index is 13.0. The lowest BCUT2D eigenvalue weighted by molar-refractivity contribution is 0.626. The van der Waals surface area contributed by atoms with Crippen molar-refractivity contribution in [3.8, 4) is 5.69 Å². The summed E-state index contributed by atoms with van der Waals surface area (Å²) in [5.74, 6) is -0.218. The van der Waals surface area contributed by atoms with Crippen molar-refractivity contribution in [1.29, 1.82) is 0 Å². The third kappa shape index (κ3) is 2.94. The second-order valence-corrected chi connectivity index (χ2v) is 4.90. The van der Waals surface area contributed by atoms with Crippen molar-refractivity contribution in [2.75, 3.05) is 5.32 Å². The second kappa shape index (κ2) is 5.79. The van der Waals surface area contributed by atoms with E-state index < -0.39 is 0 Å². The highest BCUT2D eigenvalue weighted by Crippen LogP contribution is 2.25. The number of hydrogen-bond acceptors (Lipinski definition) is 2. The summed E-state index contributed by atoms with van der Waals surface area (Å²) in [5.41, 5.74) is 3.08. The lowest BCUT2D eigenvalue weighted by atomic mass is 10.1. The van der Waals surface area contributed by atoms with Crippen LogP contribution in [0.5, 0.6) is 0 Å². The van der Waals surface area contributed by atoms with Gasteiger partial charge in [0.1, 0.15) is 5.82 Å². The van der Waals surface area contributed by atoms with Crippen LogP contribution < -0.4 is 5.32 Å². The van der Waals surface area contributed by atoms with Crippen LogP contribution >= 0.6 is 0 Å². The number of para-hydroxylation sites is 2. The Bertz CT molecular complexity index is 705. The first kappa shape index (κ1) is 13.4. The molecule has 3 rings (SSSR count). The van der Waals surface area contributed by atoms with Gasteiger partial charge in [0.25, 0.3) is 0 Å². The van der Waals surface area contributed by atoms with Gasteiger partial charge in [-0.05, 0) is 36.8 Å². The highest BCUT2D eigenvalue weighted by Gasteiger charge is 2.09. The predicted molar refractivity (Wildman–Crippen MR) is 82.0 cm³/mol. The molecule has 1 heterocycles. The molecule has 0 spiro atoms. The van der Waals surface area contributed by atoms with Crippen molar-refractivity contribution in [3.05, 3.63) is 78.6 Å². The van der Waals surface area contributed by atoms with Crippen LogP contribution in [0.1, 0.15) is 18.5 Å². The van der Waals surface area contributed by atoms with Crippen molar-refractivity contribution in [1.82, 2.24) is 9.55 Å². The standard InChI is InChI=1S/C17H16FN3/c1-13(14-6-8-15(18)9-7-14)20-16-4-2-3-5-17(16)21-11-10-19-12-21/h2-13,20H,1H3. The third-order valence-electron chi connectivity index (χ3n) is 3.43. The Morgan fingerprint density at radius 3 is 2.57 bits per heavy atom. The van der Waals surface area contributed by atoms with Crippen LogP contribution in [-0.4, -0.2) is 9.55 Å². The molecular weight excluding hydrogens is 265 g/mol. The van der Waals surface area contributed by atoms with E-state index in [-0.39, 0.29) is 11.9 Å². The Hall–Kier alpha value is -2.62. The van der Waals surface area contributed by atoms with Gasteiger partial charge in [-0.25, -0.2) is 9.37 Å². The van der Waals surface area contributed by atoms with Gasteiger partial charge in [-0.2, -0.15) is 0 Å². The summed E-state index contributed by atoms with van der Waals surface area (Å²) in [6.07, 6.45) is 5.42. The molecule has 0 bridgehead atoms. The zero-order valence-electron chi connectivity index (χ0n) is 11.7. The number of imidazole rings is 1. The molecule has 1 aromatic heterocycles. The molecule has 1 N–H and O–H groups in total. The van der Waals surface area contributed by atoms with Crippen LogP contribution in [0.25, 0.3) is 5.69 Å². The summed E-state index contributed by atoms with van der Waals surface area (Å²) in [7, 11) is 0. The van der Waals surface area contributed by atoms with Gasteiger partial charge in [0, 0.05) is 18.4 Å². The molecule has 0 radical (unpaired) electrons. The Morgan fingerprint density at radius 2 is 1.86 bits per heavy atom. The number of benzene rings is 2. The zero-order chi connectivity index (χ0) is 14.7. The SMILES string of the molecule is CC(Nc1ccccc1-n1ccnc1)c1ccc(F)cc1. The van der Waals surface area contributed by atoms with E-state index in [0.29, 0.717) is 0 Å². The van der Waals surface area contributed by atoms with Crippen molar-refractivity contribution in [2.24, 2.45) is 0 Å². The quantitative estimate of drug-likeness (QED) is 0.777. The molecule has 3 nitrogen and oxygen atoms in total. The number of hydrogen-bond donors (Lipinski definition) is 1. The van der Waals surface area contributed by atoms with Gasteiger partial charge in [-0.15, -0.1) is 0 Å². The van der Waals surface area contributed by atoms with Gasteiger partial charge in [0.15, 0.2) is 0 Å². The molecule has 4 heteroatoms. The Kier molecular flexibility index (Phi) is 3.69. The van der Waals surface area contributed by atoms with Crippen LogP contribution in [0.15, 0.2) is 67.3 Å². The Morgan fingerprint density at radius 1 is 1.10 bits per heavy atom. The van der Waals surface area contributed by atoms with E-state index in [2.05, 4.69) is 17.2 Å². The molecule has 106 valence electrons. The average Bonchev–Trinajstić information content (AvgIpc) is 3.02. The molecule has 0 saturated carbocycles. The van der Waals surface area contributed by atoms with E-state index in [9.17, 15) is 4.39 Å². The normalized spacial score (nSPS) is 12.1. The van der Waals surface area contributed by atoms with Crippen LogP contribution in [0.4, 0.5) is 10.1 Å². The zero-order valence-corrected chi connectivity index (χ0v) is 11.7. The van der Waals surface area contributed by atoms with E-state index in [4.69, 9.17) is 0 Å². The van der Waals surface area contributed by atoms with Crippen molar-refractivity contribution in [2.45, 2.75) is 13.0 Å². The maximum atomic E-state index is 13.0. The third-order valence-corrected chi connectivity index (χ3v) is 3.43. The van der Waals surface area contributed by atoms with Gasteiger partial charge < -0.3 is 9.88 Å². The van der Waals surface area contributed by atoms with E-state index in [1.54, 1.807) is 24.7 Å². The summed E-state index contributed by atoms with van der Waals surface area (Å²) in [6.45, 7) is 2.05. The summed E-state index contributed by atoms with van der Waals surface area (Å²) in [5, 5.41) is 3.46. The van der Waals surface area contributed by atoms with E-state index in [1.807, 2.05) is 35.0 Å². The first-order valence-corrected chi connectivity index (χ1v) is 6.83. The molecule has 0 amide bonds. The molecule has 1 unspecified atom stereocenters. The molecule has 3 aromatic rings. The molecule has 0 fully saturated rings. The summed E-state index contributed by atoms with van der Waals surface area (Å²) in [4.78, 5) is 4.08. The van der Waals surface area contributed by atoms with Crippen molar-refractivity contribution < 1.29 is 4.39 Å². The van der Waals surface area contributed by atoms with Crippen LogP contribution in [0.3, 0.4) is 0 Å². The molecular formula is C17H16FN3. The smallest absolute Gasteiger partial charge is 0.123 e. The first-order chi connectivity index (χ1) is 10.2. The fourth-order valence-corrected chi connectivity index (χ4v) is 2.29. The molecule has 0 saturated heterocycles. The predicted octanol–water partition coefficient (Wildman–Crippen LogP) is 4.18. The molecule has 0 aliphatic heterocycles. The molecule has 21 heavy (non-hydrogen) atoms. The minimum Gasteiger partial charge on any atom is -0.377 e. The fourth-order valence-electron chi connectivity index (χ4n) is 2.29. The lowest BCUT2D eigenvalue weighted by Crippen LogP contribution is -2.09. The van der Waals surface area contributed by atoms with Crippen LogP contribution in [0, 0.1) is 5.82 Å². The molecule has 2 aromatic carbocycles. The molecule has 0 aliphatic carbocycles. The molecule has 1 atom stereocenters. The number of aromatic nitrogens is 2. The minimum absolute atomic E-state index is 0.0790. The van der Waals surface area contributed by atoms with Gasteiger partial charge >= 0.3 is 0 Å². The highest BCUT2D eigenvalue weighted by atomic mass is 19.1. The van der Waals surface area contributed by atoms with Gasteiger partial charge in [-0.1, -0.05) is 24.3 Å². The summed E-state index contributed by atoms with van der Waals surface area (Å²) < 4.78 is 15.0. The van der Waals surface area contributed by atoms with Gasteiger partial charge in [0.2, 0.25) is 0 Å². The van der Waals surface area contributed by atoms with Gasteiger partial charge in [0.05, 0.1) is 17.7 Å². The monoisotopic (exact) mass is 281 g/mol. The summed E-state index contributed by atoms with van der Waals surface area (Å²) >= 11 is 0. The minimum atomic E-state index is -0.218. The van der Waals surface area contributed by atoms with Gasteiger partial charge in [-0.3, -0.25) is 0 Å². The van der Waals surface area contributed by atoms with E-state index >= 15 is 0 Å². The number of nitrogens with one attached hydrogen (secondary N) is 1. The number of rotatable bonds is 4. The average molecular weight is 281 g/mol. The number of halogens is 1. The van der Waals surface area contributed by atoms with E-state index in [0.717, 1.165) is 16.9 Å². The largest absolute Gasteiger partial charge is 0.377 e. The topological polar surface area (TPSA) is 29.9 Å². The first-order valence-electron chi connectivity index (χ1n) is 6.83. The Balaban J connectivity index is 1.86. The second-order valence-electron chi connectivity index (χ2n) is 4.90. The number of nitrogens with zero attached hydrogens (tertiary/aromatic N) is 2. The summed E-state index contributed by atoms with van der Waals surface area (Å²) in [6, 6.07) is 14.7. The van der Waals surface area contributed by atoms with Crippen LogP contribution in [0.2, 0.25) is 0 Å². The fraction of sp³-hybridized carbons (Fsp3) is 0.118.